The number of carbonyl (C=O) groups is 2. The Balaban J connectivity index is 1.58. The van der Waals surface area contributed by atoms with Gasteiger partial charge < -0.3 is 20.1 Å². The van der Waals surface area contributed by atoms with Gasteiger partial charge in [0.25, 0.3) is 11.8 Å². The zero-order chi connectivity index (χ0) is 15.4. The maximum atomic E-state index is 12.3. The minimum atomic E-state index is -0.211. The molecule has 118 valence electrons. The molecule has 1 aromatic carbocycles. The molecular weight excluding hydrogens is 286 g/mol. The number of nitrogens with zero attached hydrogens (tertiary/aromatic N) is 1. The van der Waals surface area contributed by atoms with Gasteiger partial charge in [-0.25, -0.2) is 0 Å². The Kier molecular flexibility index (Phi) is 4.55. The van der Waals surface area contributed by atoms with E-state index < -0.39 is 0 Å². The van der Waals surface area contributed by atoms with Crippen molar-refractivity contribution in [2.45, 2.75) is 0 Å². The lowest BCUT2D eigenvalue weighted by atomic mass is 10.1. The summed E-state index contributed by atoms with van der Waals surface area (Å²) in [5.74, 6) is 0.0320. The van der Waals surface area contributed by atoms with Crippen LogP contribution in [0.15, 0.2) is 18.2 Å². The highest BCUT2D eigenvalue weighted by molar-refractivity contribution is 6.03. The minimum Gasteiger partial charge on any atom is -0.481 e. The van der Waals surface area contributed by atoms with Crippen LogP contribution in [-0.4, -0.2) is 62.7 Å². The van der Waals surface area contributed by atoms with E-state index in [2.05, 4.69) is 15.5 Å². The fraction of sp³-hybridized carbons (Fsp3) is 0.467. The number of fused-ring (bicyclic) bond motifs is 1. The molecule has 2 aliphatic rings. The van der Waals surface area contributed by atoms with Gasteiger partial charge in [-0.15, -0.1) is 0 Å². The van der Waals surface area contributed by atoms with Crippen LogP contribution in [0.2, 0.25) is 0 Å². The number of hydrogen-bond acceptors (Lipinski definition) is 5. The molecule has 0 bridgehead atoms. The van der Waals surface area contributed by atoms with Gasteiger partial charge in [0.2, 0.25) is 0 Å². The van der Waals surface area contributed by atoms with Crippen LogP contribution in [-0.2, 0) is 9.53 Å². The van der Waals surface area contributed by atoms with Crippen molar-refractivity contribution >= 4 is 17.5 Å². The highest BCUT2D eigenvalue weighted by Gasteiger charge is 2.22. The number of carbonyl (C=O) groups excluding carboxylic acids is 2. The van der Waals surface area contributed by atoms with E-state index >= 15 is 0 Å². The lowest BCUT2D eigenvalue weighted by molar-refractivity contribution is -0.118. The Hall–Kier alpha value is -2.12. The first-order chi connectivity index (χ1) is 10.7. The normalized spacial score (nSPS) is 18.1. The Morgan fingerprint density at radius 1 is 1.32 bits per heavy atom. The third kappa shape index (κ3) is 3.37. The molecule has 2 amide bonds. The number of anilines is 1. The number of hydrogen-bond donors (Lipinski definition) is 2. The topological polar surface area (TPSA) is 79.9 Å². The van der Waals surface area contributed by atoms with Gasteiger partial charge in [0, 0.05) is 26.2 Å². The molecule has 7 nitrogen and oxygen atoms in total. The van der Waals surface area contributed by atoms with Crippen LogP contribution in [0.4, 0.5) is 5.69 Å². The van der Waals surface area contributed by atoms with Gasteiger partial charge in [-0.3, -0.25) is 14.5 Å². The fourth-order valence-electron chi connectivity index (χ4n) is 2.54. The van der Waals surface area contributed by atoms with E-state index in [0.717, 1.165) is 32.8 Å². The molecule has 2 heterocycles. The zero-order valence-corrected chi connectivity index (χ0v) is 12.3. The van der Waals surface area contributed by atoms with Crippen LogP contribution in [0.3, 0.4) is 0 Å². The van der Waals surface area contributed by atoms with Gasteiger partial charge in [0.1, 0.15) is 0 Å². The van der Waals surface area contributed by atoms with E-state index in [0.29, 0.717) is 23.5 Å². The summed E-state index contributed by atoms with van der Waals surface area (Å²) < 4.78 is 10.7. The maximum Gasteiger partial charge on any atom is 0.262 e. The summed E-state index contributed by atoms with van der Waals surface area (Å²) in [6.45, 7) is 4.57. The summed E-state index contributed by atoms with van der Waals surface area (Å²) in [5.41, 5.74) is 0.983. The van der Waals surface area contributed by atoms with Gasteiger partial charge in [0.15, 0.2) is 12.4 Å². The van der Waals surface area contributed by atoms with Gasteiger partial charge in [0.05, 0.1) is 24.5 Å². The van der Waals surface area contributed by atoms with E-state index in [1.165, 1.54) is 0 Å². The molecule has 22 heavy (non-hydrogen) atoms. The van der Waals surface area contributed by atoms with E-state index in [4.69, 9.17) is 9.47 Å². The standard InChI is InChI=1S/C15H19N3O4/c19-13-10-22-14-11(2-1-3-12(14)17-13)15(20)16-4-5-18-6-8-21-9-7-18/h1-3H,4-10H2,(H,16,20)(H,17,19). The number of para-hydroxylation sites is 1. The summed E-state index contributed by atoms with van der Waals surface area (Å²) in [5, 5.41) is 5.59. The quantitative estimate of drug-likeness (QED) is 0.823. The highest BCUT2D eigenvalue weighted by atomic mass is 16.5. The van der Waals surface area contributed by atoms with Crippen molar-refractivity contribution in [1.29, 1.82) is 0 Å². The van der Waals surface area contributed by atoms with Crippen molar-refractivity contribution in [3.8, 4) is 5.75 Å². The summed E-state index contributed by atoms with van der Waals surface area (Å²) in [4.78, 5) is 25.8. The molecule has 7 heteroatoms. The van der Waals surface area contributed by atoms with E-state index in [1.807, 2.05) is 0 Å². The molecule has 0 aromatic heterocycles. The van der Waals surface area contributed by atoms with Gasteiger partial charge in [-0.05, 0) is 12.1 Å². The molecule has 1 fully saturated rings. The second-order valence-corrected chi connectivity index (χ2v) is 5.23. The fourth-order valence-corrected chi connectivity index (χ4v) is 2.54. The SMILES string of the molecule is O=C1COc2c(cccc2C(=O)NCCN2CCOCC2)N1. The van der Waals surface area contributed by atoms with Crippen molar-refractivity contribution in [3.63, 3.8) is 0 Å². The smallest absolute Gasteiger partial charge is 0.262 e. The summed E-state index contributed by atoms with van der Waals surface area (Å²) in [7, 11) is 0. The van der Waals surface area contributed by atoms with Crippen LogP contribution in [0, 0.1) is 0 Å². The second kappa shape index (κ2) is 6.76. The first-order valence-corrected chi connectivity index (χ1v) is 7.38. The molecule has 1 saturated heterocycles. The number of nitrogens with one attached hydrogen (secondary N) is 2. The maximum absolute atomic E-state index is 12.3. The van der Waals surface area contributed by atoms with E-state index in [1.54, 1.807) is 18.2 Å². The van der Waals surface area contributed by atoms with Crippen LogP contribution < -0.4 is 15.4 Å². The van der Waals surface area contributed by atoms with Crippen molar-refractivity contribution in [1.82, 2.24) is 10.2 Å². The van der Waals surface area contributed by atoms with E-state index in [-0.39, 0.29) is 18.4 Å². The zero-order valence-electron chi connectivity index (χ0n) is 12.3. The van der Waals surface area contributed by atoms with Crippen molar-refractivity contribution in [2.24, 2.45) is 0 Å². The summed E-state index contributed by atoms with van der Waals surface area (Å²) in [6, 6.07) is 5.14. The van der Waals surface area contributed by atoms with Gasteiger partial charge in [-0.2, -0.15) is 0 Å². The third-order valence-corrected chi connectivity index (χ3v) is 3.70. The lowest BCUT2D eigenvalue weighted by Crippen LogP contribution is -2.41. The molecule has 0 aliphatic carbocycles. The van der Waals surface area contributed by atoms with Crippen molar-refractivity contribution < 1.29 is 19.1 Å². The number of morpholine rings is 1. The highest BCUT2D eigenvalue weighted by Crippen LogP contribution is 2.31. The van der Waals surface area contributed by atoms with Crippen LogP contribution in [0.25, 0.3) is 0 Å². The first kappa shape index (κ1) is 14.8. The van der Waals surface area contributed by atoms with Crippen molar-refractivity contribution in [3.05, 3.63) is 23.8 Å². The monoisotopic (exact) mass is 305 g/mol. The van der Waals surface area contributed by atoms with Crippen molar-refractivity contribution in [2.75, 3.05) is 51.3 Å². The molecule has 2 aliphatic heterocycles. The lowest BCUT2D eigenvalue weighted by Gasteiger charge is -2.26. The average Bonchev–Trinajstić information content (AvgIpc) is 2.55. The van der Waals surface area contributed by atoms with Crippen LogP contribution in [0.1, 0.15) is 10.4 Å². The number of amides is 2. The molecule has 2 N–H and O–H groups in total. The summed E-state index contributed by atoms with van der Waals surface area (Å²) in [6.07, 6.45) is 0. The predicted molar refractivity (Wildman–Crippen MR) is 80.2 cm³/mol. The first-order valence-electron chi connectivity index (χ1n) is 7.38. The minimum absolute atomic E-state index is 0.0644. The largest absolute Gasteiger partial charge is 0.481 e. The van der Waals surface area contributed by atoms with Gasteiger partial charge >= 0.3 is 0 Å². The third-order valence-electron chi connectivity index (χ3n) is 3.70. The average molecular weight is 305 g/mol. The molecule has 0 atom stereocenters. The second-order valence-electron chi connectivity index (χ2n) is 5.23. The molecule has 0 spiro atoms. The molecule has 0 radical (unpaired) electrons. The molecule has 1 aromatic rings. The number of rotatable bonds is 4. The molecule has 3 rings (SSSR count). The number of benzene rings is 1. The Morgan fingerprint density at radius 3 is 2.95 bits per heavy atom. The van der Waals surface area contributed by atoms with Gasteiger partial charge in [-0.1, -0.05) is 6.07 Å². The Bertz CT molecular complexity index is 570. The molecular formula is C15H19N3O4. The molecule has 0 unspecified atom stereocenters. The Labute approximate surface area is 128 Å². The molecule has 0 saturated carbocycles. The predicted octanol–water partition coefficient (Wildman–Crippen LogP) is 0.0795. The van der Waals surface area contributed by atoms with Crippen LogP contribution >= 0.6 is 0 Å². The van der Waals surface area contributed by atoms with Crippen LogP contribution in [0.5, 0.6) is 5.75 Å². The number of ether oxygens (including phenoxy) is 2. The van der Waals surface area contributed by atoms with E-state index in [9.17, 15) is 9.59 Å². The summed E-state index contributed by atoms with van der Waals surface area (Å²) >= 11 is 0. The Morgan fingerprint density at radius 2 is 2.14 bits per heavy atom.